The molecule has 2 fully saturated rings. The predicted molar refractivity (Wildman–Crippen MR) is 110 cm³/mol. The van der Waals surface area contributed by atoms with Gasteiger partial charge in [0.25, 0.3) is 5.91 Å². The second-order valence-electron chi connectivity index (χ2n) is 7.82. The van der Waals surface area contributed by atoms with Gasteiger partial charge in [0.1, 0.15) is 6.10 Å². The first kappa shape index (κ1) is 19.2. The van der Waals surface area contributed by atoms with Gasteiger partial charge >= 0.3 is 0 Å². The Morgan fingerprint density at radius 2 is 2.07 bits per heavy atom. The van der Waals surface area contributed by atoms with Gasteiger partial charge in [-0.05, 0) is 54.7 Å². The highest BCUT2D eigenvalue weighted by Gasteiger charge is 2.44. The molecule has 6 heteroatoms. The number of amides is 2. The van der Waals surface area contributed by atoms with Gasteiger partial charge in [-0.1, -0.05) is 30.3 Å². The number of nitrogens with zero attached hydrogens (tertiary/aromatic N) is 1. The zero-order valence-corrected chi connectivity index (χ0v) is 16.7. The van der Waals surface area contributed by atoms with Crippen LogP contribution in [0.4, 0.5) is 0 Å². The van der Waals surface area contributed by atoms with E-state index in [1.165, 1.54) is 4.88 Å². The minimum atomic E-state index is -0.736. The van der Waals surface area contributed by atoms with Gasteiger partial charge in [-0.2, -0.15) is 0 Å². The number of carbonyl (C=O) groups is 2. The SMILES string of the molecule is NC(=O)[C@@]1(Cc2ccccc2-c2cccs2)CCCN(C(=O)[C@@H]2CCCO2)C1. The van der Waals surface area contributed by atoms with Crippen LogP contribution in [0, 0.1) is 5.41 Å². The molecule has 4 rings (SSSR count). The first-order valence-corrected chi connectivity index (χ1v) is 10.8. The van der Waals surface area contributed by atoms with Crippen LogP contribution < -0.4 is 5.73 Å². The Balaban J connectivity index is 1.60. The molecule has 0 aliphatic carbocycles. The van der Waals surface area contributed by atoms with Crippen molar-refractivity contribution in [3.05, 3.63) is 47.3 Å². The van der Waals surface area contributed by atoms with Crippen LogP contribution in [0.2, 0.25) is 0 Å². The molecule has 0 spiro atoms. The molecule has 5 nitrogen and oxygen atoms in total. The molecule has 2 saturated heterocycles. The van der Waals surface area contributed by atoms with Crippen molar-refractivity contribution in [2.45, 2.75) is 38.2 Å². The minimum absolute atomic E-state index is 0.00867. The van der Waals surface area contributed by atoms with E-state index in [1.807, 2.05) is 18.2 Å². The summed E-state index contributed by atoms with van der Waals surface area (Å²) in [7, 11) is 0. The number of piperidine rings is 1. The molecule has 1 aromatic carbocycles. The second kappa shape index (κ2) is 8.05. The molecule has 2 aliphatic heterocycles. The number of carbonyl (C=O) groups excluding carboxylic acids is 2. The summed E-state index contributed by atoms with van der Waals surface area (Å²) in [4.78, 5) is 28.5. The number of primary amides is 1. The third-order valence-corrected chi connectivity index (χ3v) is 6.85. The number of hydrogen-bond acceptors (Lipinski definition) is 4. The molecule has 0 radical (unpaired) electrons. The Hall–Kier alpha value is -2.18. The van der Waals surface area contributed by atoms with Crippen LogP contribution in [0.1, 0.15) is 31.2 Å². The summed E-state index contributed by atoms with van der Waals surface area (Å²) in [6.45, 7) is 1.68. The van der Waals surface area contributed by atoms with Gasteiger partial charge in [0.15, 0.2) is 0 Å². The Bertz CT molecular complexity index is 845. The van der Waals surface area contributed by atoms with Crippen LogP contribution in [-0.4, -0.2) is 42.5 Å². The fourth-order valence-electron chi connectivity index (χ4n) is 4.44. The summed E-state index contributed by atoms with van der Waals surface area (Å²) in [5.74, 6) is -0.312. The van der Waals surface area contributed by atoms with Crippen LogP contribution >= 0.6 is 11.3 Å². The minimum Gasteiger partial charge on any atom is -0.369 e. The Morgan fingerprint density at radius 1 is 1.21 bits per heavy atom. The fraction of sp³-hybridized carbons (Fsp3) is 0.455. The molecule has 28 heavy (non-hydrogen) atoms. The van der Waals surface area contributed by atoms with Gasteiger partial charge in [0, 0.05) is 24.6 Å². The topological polar surface area (TPSA) is 72.6 Å². The molecule has 0 saturated carbocycles. The lowest BCUT2D eigenvalue weighted by Gasteiger charge is -2.41. The molecule has 2 aliphatic rings. The number of rotatable bonds is 5. The van der Waals surface area contributed by atoms with Gasteiger partial charge in [0.05, 0.1) is 5.41 Å². The van der Waals surface area contributed by atoms with E-state index in [1.54, 1.807) is 16.2 Å². The van der Waals surface area contributed by atoms with E-state index in [0.29, 0.717) is 32.5 Å². The predicted octanol–water partition coefficient (Wildman–Crippen LogP) is 3.23. The molecule has 2 atom stereocenters. The van der Waals surface area contributed by atoms with Gasteiger partial charge < -0.3 is 15.4 Å². The smallest absolute Gasteiger partial charge is 0.251 e. The van der Waals surface area contributed by atoms with Gasteiger partial charge in [-0.3, -0.25) is 9.59 Å². The standard InChI is InChI=1S/C22H26N2O3S/c23-21(26)22(10-5-11-24(15-22)20(25)18-8-3-12-27-18)14-16-6-1-2-7-17(16)19-9-4-13-28-19/h1-2,4,6-7,9,13,18H,3,5,8,10-12,14-15H2,(H2,23,26)/t18-,22+/m0/s1. The summed E-state index contributed by atoms with van der Waals surface area (Å²) < 4.78 is 5.58. The molecule has 148 valence electrons. The lowest BCUT2D eigenvalue weighted by molar-refractivity contribution is -0.147. The number of thiophene rings is 1. The summed E-state index contributed by atoms with van der Waals surface area (Å²) in [5.41, 5.74) is 7.44. The molecule has 2 aromatic rings. The van der Waals surface area contributed by atoms with Gasteiger partial charge in [-0.15, -0.1) is 11.3 Å². The summed E-state index contributed by atoms with van der Waals surface area (Å²) >= 11 is 1.68. The van der Waals surface area contributed by atoms with Crippen molar-refractivity contribution >= 4 is 23.2 Å². The molecular weight excluding hydrogens is 372 g/mol. The lowest BCUT2D eigenvalue weighted by Crippen LogP contribution is -2.55. The molecule has 0 unspecified atom stereocenters. The van der Waals surface area contributed by atoms with Crippen LogP contribution in [0.25, 0.3) is 10.4 Å². The third-order valence-electron chi connectivity index (χ3n) is 5.95. The van der Waals surface area contributed by atoms with Gasteiger partial charge in [0.2, 0.25) is 5.91 Å². The first-order valence-electron chi connectivity index (χ1n) is 9.91. The van der Waals surface area contributed by atoms with Crippen LogP contribution in [0.15, 0.2) is 41.8 Å². The van der Waals surface area contributed by atoms with E-state index in [0.717, 1.165) is 30.4 Å². The van der Waals surface area contributed by atoms with Gasteiger partial charge in [-0.25, -0.2) is 0 Å². The molecule has 2 amide bonds. The monoisotopic (exact) mass is 398 g/mol. The molecule has 0 bridgehead atoms. The van der Waals surface area contributed by atoms with Crippen LogP contribution in [-0.2, 0) is 20.7 Å². The van der Waals surface area contributed by atoms with E-state index in [4.69, 9.17) is 10.5 Å². The highest BCUT2D eigenvalue weighted by Crippen LogP contribution is 2.38. The average Bonchev–Trinajstić information content (AvgIpc) is 3.42. The normalized spacial score (nSPS) is 25.0. The number of hydrogen-bond donors (Lipinski definition) is 1. The Morgan fingerprint density at radius 3 is 2.79 bits per heavy atom. The number of benzene rings is 1. The van der Waals surface area contributed by atoms with Crippen molar-refractivity contribution in [1.82, 2.24) is 4.90 Å². The first-order chi connectivity index (χ1) is 13.6. The number of ether oxygens (including phenoxy) is 1. The molecule has 3 heterocycles. The molecule has 1 aromatic heterocycles. The molecule has 2 N–H and O–H groups in total. The highest BCUT2D eigenvalue weighted by atomic mass is 32.1. The maximum absolute atomic E-state index is 12.9. The second-order valence-corrected chi connectivity index (χ2v) is 8.77. The van der Waals surface area contributed by atoms with Crippen molar-refractivity contribution in [3.8, 4) is 10.4 Å². The van der Waals surface area contributed by atoms with E-state index in [2.05, 4.69) is 23.6 Å². The van der Waals surface area contributed by atoms with Crippen molar-refractivity contribution in [1.29, 1.82) is 0 Å². The zero-order valence-electron chi connectivity index (χ0n) is 15.9. The maximum Gasteiger partial charge on any atom is 0.251 e. The van der Waals surface area contributed by atoms with Crippen molar-refractivity contribution in [3.63, 3.8) is 0 Å². The zero-order chi connectivity index (χ0) is 19.6. The Labute approximate surface area is 169 Å². The largest absolute Gasteiger partial charge is 0.369 e. The fourth-order valence-corrected chi connectivity index (χ4v) is 5.23. The quantitative estimate of drug-likeness (QED) is 0.840. The summed E-state index contributed by atoms with van der Waals surface area (Å²) in [5, 5.41) is 2.05. The van der Waals surface area contributed by atoms with Crippen molar-refractivity contribution in [2.24, 2.45) is 11.1 Å². The van der Waals surface area contributed by atoms with E-state index < -0.39 is 5.41 Å². The van der Waals surface area contributed by atoms with Crippen molar-refractivity contribution in [2.75, 3.05) is 19.7 Å². The average molecular weight is 399 g/mol. The lowest BCUT2D eigenvalue weighted by atomic mass is 9.73. The highest BCUT2D eigenvalue weighted by molar-refractivity contribution is 7.13. The van der Waals surface area contributed by atoms with E-state index >= 15 is 0 Å². The number of likely N-dealkylation sites (tertiary alicyclic amines) is 1. The third kappa shape index (κ3) is 3.71. The van der Waals surface area contributed by atoms with Crippen molar-refractivity contribution < 1.29 is 14.3 Å². The molecular formula is C22H26N2O3S. The van der Waals surface area contributed by atoms with E-state index in [-0.39, 0.29) is 17.9 Å². The van der Waals surface area contributed by atoms with Crippen LogP contribution in [0.3, 0.4) is 0 Å². The van der Waals surface area contributed by atoms with Crippen LogP contribution in [0.5, 0.6) is 0 Å². The Kier molecular flexibility index (Phi) is 5.51. The number of nitrogens with two attached hydrogens (primary N) is 1. The summed E-state index contributed by atoms with van der Waals surface area (Å²) in [6, 6.07) is 12.3. The van der Waals surface area contributed by atoms with E-state index in [9.17, 15) is 9.59 Å². The maximum atomic E-state index is 12.9. The summed E-state index contributed by atoms with van der Waals surface area (Å²) in [6.07, 6.45) is 3.35.